The van der Waals surface area contributed by atoms with Crippen molar-refractivity contribution in [3.8, 4) is 5.75 Å². The maximum atomic E-state index is 9.37. The van der Waals surface area contributed by atoms with Gasteiger partial charge >= 0.3 is 0 Å². The molecule has 0 spiro atoms. The molecule has 0 aliphatic rings. The zero-order chi connectivity index (χ0) is 12.2. The zero-order valence-electron chi connectivity index (χ0n) is 9.88. The Bertz CT molecular complexity index is 355. The summed E-state index contributed by atoms with van der Waals surface area (Å²) >= 11 is 5.17. The van der Waals surface area contributed by atoms with E-state index in [4.69, 9.17) is 0 Å². The maximum absolute atomic E-state index is 9.37. The van der Waals surface area contributed by atoms with Crippen molar-refractivity contribution in [2.45, 2.75) is 25.1 Å². The normalized spacial score (nSPS) is 11.8. The minimum Gasteiger partial charge on any atom is -0.507 e. The van der Waals surface area contributed by atoms with Gasteiger partial charge in [0.05, 0.1) is 4.47 Å². The van der Waals surface area contributed by atoms with Crippen LogP contribution in [0.1, 0.15) is 19.4 Å². The van der Waals surface area contributed by atoms with Gasteiger partial charge in [0, 0.05) is 17.8 Å². The predicted octanol–water partition coefficient (Wildman–Crippen LogP) is 3.39. The van der Waals surface area contributed by atoms with E-state index in [0.717, 1.165) is 17.6 Å². The minimum absolute atomic E-state index is 0.258. The molecule has 0 saturated heterocycles. The van der Waals surface area contributed by atoms with Crippen molar-refractivity contribution in [3.05, 3.63) is 28.2 Å². The SMILES string of the molecule is CSC(C)(C)CNCc1ccc(O)c(Br)c1. The molecule has 0 saturated carbocycles. The van der Waals surface area contributed by atoms with Gasteiger partial charge in [-0.1, -0.05) is 6.07 Å². The fourth-order valence-electron chi connectivity index (χ4n) is 1.24. The molecule has 1 aromatic rings. The lowest BCUT2D eigenvalue weighted by atomic mass is 10.2. The summed E-state index contributed by atoms with van der Waals surface area (Å²) in [5.74, 6) is 0.285. The van der Waals surface area contributed by atoms with Crippen molar-refractivity contribution in [1.29, 1.82) is 0 Å². The second-order valence-electron chi connectivity index (χ2n) is 4.35. The third-order valence-electron chi connectivity index (χ3n) is 2.44. The van der Waals surface area contributed by atoms with Crippen LogP contribution in [0.25, 0.3) is 0 Å². The van der Waals surface area contributed by atoms with Crippen LogP contribution in [0.2, 0.25) is 0 Å². The first kappa shape index (κ1) is 13.9. The predicted molar refractivity (Wildman–Crippen MR) is 75.1 cm³/mol. The Hall–Kier alpha value is -0.190. The molecule has 0 radical (unpaired) electrons. The highest BCUT2D eigenvalue weighted by Gasteiger charge is 2.14. The topological polar surface area (TPSA) is 32.3 Å². The number of nitrogens with one attached hydrogen (secondary N) is 1. The lowest BCUT2D eigenvalue weighted by Gasteiger charge is -2.22. The fourth-order valence-corrected chi connectivity index (χ4v) is 1.91. The monoisotopic (exact) mass is 303 g/mol. The van der Waals surface area contributed by atoms with E-state index in [0.29, 0.717) is 0 Å². The number of halogens is 1. The Balaban J connectivity index is 2.46. The molecule has 0 aromatic heterocycles. The summed E-state index contributed by atoms with van der Waals surface area (Å²) in [5.41, 5.74) is 1.17. The summed E-state index contributed by atoms with van der Waals surface area (Å²) in [6.07, 6.45) is 2.12. The van der Waals surface area contributed by atoms with Crippen molar-refractivity contribution in [3.63, 3.8) is 0 Å². The summed E-state index contributed by atoms with van der Waals surface area (Å²) in [4.78, 5) is 0. The molecule has 1 rings (SSSR count). The van der Waals surface area contributed by atoms with Crippen LogP contribution in [0.3, 0.4) is 0 Å². The van der Waals surface area contributed by atoms with E-state index < -0.39 is 0 Å². The lowest BCUT2D eigenvalue weighted by Crippen LogP contribution is -2.31. The smallest absolute Gasteiger partial charge is 0.129 e. The molecule has 0 heterocycles. The van der Waals surface area contributed by atoms with Gasteiger partial charge in [-0.25, -0.2) is 0 Å². The zero-order valence-corrected chi connectivity index (χ0v) is 12.3. The molecular formula is C12H18BrNOS. The van der Waals surface area contributed by atoms with Gasteiger partial charge in [-0.3, -0.25) is 0 Å². The van der Waals surface area contributed by atoms with Crippen LogP contribution in [0.5, 0.6) is 5.75 Å². The van der Waals surface area contributed by atoms with E-state index >= 15 is 0 Å². The van der Waals surface area contributed by atoms with Gasteiger partial charge in [0.15, 0.2) is 0 Å². The summed E-state index contributed by atoms with van der Waals surface area (Å²) in [7, 11) is 0. The van der Waals surface area contributed by atoms with Crippen LogP contribution in [0.4, 0.5) is 0 Å². The number of rotatable bonds is 5. The van der Waals surface area contributed by atoms with E-state index in [1.807, 2.05) is 23.9 Å². The van der Waals surface area contributed by atoms with E-state index in [1.54, 1.807) is 6.07 Å². The first-order chi connectivity index (χ1) is 7.44. The number of phenols is 1. The van der Waals surface area contributed by atoms with Gasteiger partial charge in [-0.05, 0) is 53.7 Å². The van der Waals surface area contributed by atoms with Crippen LogP contribution in [0.15, 0.2) is 22.7 Å². The average Bonchev–Trinajstić information content (AvgIpc) is 2.23. The molecule has 0 atom stereocenters. The second kappa shape index (κ2) is 5.94. The van der Waals surface area contributed by atoms with Crippen molar-refractivity contribution in [2.24, 2.45) is 0 Å². The first-order valence-electron chi connectivity index (χ1n) is 5.18. The summed E-state index contributed by atoms with van der Waals surface area (Å²) in [5, 5.41) is 12.8. The highest BCUT2D eigenvalue weighted by Crippen LogP contribution is 2.24. The Morgan fingerprint density at radius 2 is 2.12 bits per heavy atom. The lowest BCUT2D eigenvalue weighted by molar-refractivity contribution is 0.471. The number of aromatic hydroxyl groups is 1. The van der Waals surface area contributed by atoms with Crippen LogP contribution in [-0.2, 0) is 6.54 Å². The van der Waals surface area contributed by atoms with Gasteiger partial charge in [0.1, 0.15) is 5.75 Å². The molecule has 1 aromatic carbocycles. The average molecular weight is 304 g/mol. The Labute approximate surface area is 110 Å². The molecule has 0 aliphatic carbocycles. The number of phenolic OH excluding ortho intramolecular Hbond substituents is 1. The number of benzene rings is 1. The van der Waals surface area contributed by atoms with Crippen molar-refractivity contribution >= 4 is 27.7 Å². The Kier molecular flexibility index (Phi) is 5.15. The molecule has 0 fully saturated rings. The molecule has 16 heavy (non-hydrogen) atoms. The Morgan fingerprint density at radius 3 is 2.69 bits per heavy atom. The molecular weight excluding hydrogens is 286 g/mol. The van der Waals surface area contributed by atoms with Crippen molar-refractivity contribution in [2.75, 3.05) is 12.8 Å². The van der Waals surface area contributed by atoms with E-state index in [-0.39, 0.29) is 10.5 Å². The van der Waals surface area contributed by atoms with Gasteiger partial charge in [-0.15, -0.1) is 0 Å². The Morgan fingerprint density at radius 1 is 1.44 bits per heavy atom. The molecule has 0 aliphatic heterocycles. The fraction of sp³-hybridized carbons (Fsp3) is 0.500. The van der Waals surface area contributed by atoms with Crippen LogP contribution in [-0.4, -0.2) is 22.7 Å². The van der Waals surface area contributed by atoms with Crippen LogP contribution in [0, 0.1) is 0 Å². The largest absolute Gasteiger partial charge is 0.507 e. The van der Waals surface area contributed by atoms with Crippen molar-refractivity contribution < 1.29 is 5.11 Å². The molecule has 0 unspecified atom stereocenters. The molecule has 0 amide bonds. The van der Waals surface area contributed by atoms with E-state index in [1.165, 1.54) is 5.56 Å². The highest BCUT2D eigenvalue weighted by atomic mass is 79.9. The standard InChI is InChI=1S/C12H18BrNOS/c1-12(2,16-3)8-14-7-9-4-5-11(15)10(13)6-9/h4-6,14-15H,7-8H2,1-3H3. The quantitative estimate of drug-likeness (QED) is 0.874. The molecule has 0 bridgehead atoms. The van der Waals surface area contributed by atoms with E-state index in [9.17, 15) is 5.11 Å². The second-order valence-corrected chi connectivity index (χ2v) is 6.72. The minimum atomic E-state index is 0.258. The number of hydrogen-bond acceptors (Lipinski definition) is 3. The molecule has 4 heteroatoms. The van der Waals surface area contributed by atoms with Gasteiger partial charge in [0.2, 0.25) is 0 Å². The number of thioether (sulfide) groups is 1. The third kappa shape index (κ3) is 4.36. The maximum Gasteiger partial charge on any atom is 0.129 e. The molecule has 90 valence electrons. The van der Waals surface area contributed by atoms with Crippen LogP contribution < -0.4 is 5.32 Å². The van der Waals surface area contributed by atoms with Gasteiger partial charge < -0.3 is 10.4 Å². The highest BCUT2D eigenvalue weighted by molar-refractivity contribution is 9.10. The molecule has 2 nitrogen and oxygen atoms in total. The summed E-state index contributed by atoms with van der Waals surface area (Å²) in [6.45, 7) is 6.23. The summed E-state index contributed by atoms with van der Waals surface area (Å²) < 4.78 is 1.00. The van der Waals surface area contributed by atoms with E-state index in [2.05, 4.69) is 41.3 Å². The summed E-state index contributed by atoms with van der Waals surface area (Å²) in [6, 6.07) is 5.58. The van der Waals surface area contributed by atoms with Crippen molar-refractivity contribution in [1.82, 2.24) is 5.32 Å². The van der Waals surface area contributed by atoms with Gasteiger partial charge in [-0.2, -0.15) is 11.8 Å². The van der Waals surface area contributed by atoms with Gasteiger partial charge in [0.25, 0.3) is 0 Å². The molecule has 2 N–H and O–H groups in total. The number of hydrogen-bond donors (Lipinski definition) is 2. The van der Waals surface area contributed by atoms with Crippen LogP contribution >= 0.6 is 27.7 Å². The third-order valence-corrected chi connectivity index (χ3v) is 4.33. The first-order valence-corrected chi connectivity index (χ1v) is 7.19.